The number of nitrogens with zero attached hydrogens (tertiary/aromatic N) is 3. The largest absolute Gasteiger partial charge is 0.341 e. The molecule has 1 N–H and O–H groups in total. The van der Waals surface area contributed by atoms with Crippen LogP contribution in [-0.4, -0.2) is 29.0 Å². The van der Waals surface area contributed by atoms with Gasteiger partial charge >= 0.3 is 0 Å². The van der Waals surface area contributed by atoms with E-state index in [4.69, 9.17) is 0 Å². The topological polar surface area (TPSA) is 58.1 Å². The number of carbonyl (C=O) groups is 1. The van der Waals surface area contributed by atoms with Gasteiger partial charge < -0.3 is 10.2 Å². The number of amides is 1. The number of aromatic nitrogens is 2. The number of carbonyl (C=O) groups excluding carboxylic acids is 1. The van der Waals surface area contributed by atoms with Crippen LogP contribution in [0.1, 0.15) is 42.7 Å². The van der Waals surface area contributed by atoms with Gasteiger partial charge in [0.2, 0.25) is 5.95 Å². The summed E-state index contributed by atoms with van der Waals surface area (Å²) in [7, 11) is 0. The minimum absolute atomic E-state index is 0.190. The fourth-order valence-electron chi connectivity index (χ4n) is 3.14. The molecule has 1 aliphatic rings. The highest BCUT2D eigenvalue weighted by atomic mass is 16.1. The minimum atomic E-state index is -0.190. The molecule has 1 aromatic heterocycles. The molecule has 0 spiro atoms. The van der Waals surface area contributed by atoms with Gasteiger partial charge in [-0.15, -0.1) is 0 Å². The molecule has 1 fully saturated rings. The Morgan fingerprint density at radius 1 is 1.33 bits per heavy atom. The average molecular weight is 324 g/mol. The van der Waals surface area contributed by atoms with E-state index in [1.807, 2.05) is 24.3 Å². The fourth-order valence-corrected chi connectivity index (χ4v) is 3.14. The lowest BCUT2D eigenvalue weighted by atomic mass is 10.0. The fraction of sp³-hybridized carbons (Fsp3) is 0.421. The highest BCUT2D eigenvalue weighted by Crippen LogP contribution is 2.20. The molecule has 5 heteroatoms. The molecule has 1 unspecified atom stereocenters. The first-order valence-corrected chi connectivity index (χ1v) is 8.64. The average Bonchev–Trinajstić information content (AvgIpc) is 2.62. The Labute approximate surface area is 143 Å². The molecule has 3 rings (SSSR count). The molecular weight excluding hydrogens is 300 g/mol. The molecule has 126 valence electrons. The summed E-state index contributed by atoms with van der Waals surface area (Å²) in [4.78, 5) is 23.6. The number of hydrogen-bond acceptors (Lipinski definition) is 4. The van der Waals surface area contributed by atoms with Gasteiger partial charge in [0.25, 0.3) is 5.91 Å². The summed E-state index contributed by atoms with van der Waals surface area (Å²) in [5, 5.41) is 2.97. The maximum atomic E-state index is 12.6. The Bertz CT molecular complexity index is 716. The molecule has 0 saturated carbocycles. The van der Waals surface area contributed by atoms with Crippen molar-refractivity contribution in [3.63, 3.8) is 0 Å². The van der Waals surface area contributed by atoms with Crippen LogP contribution in [0, 0.1) is 5.92 Å². The molecule has 0 bridgehead atoms. The van der Waals surface area contributed by atoms with Crippen LogP contribution in [0.3, 0.4) is 0 Å². The van der Waals surface area contributed by atoms with Crippen LogP contribution < -0.4 is 10.2 Å². The molecule has 0 radical (unpaired) electrons. The van der Waals surface area contributed by atoms with Crippen LogP contribution in [0.5, 0.6) is 0 Å². The number of benzene rings is 1. The van der Waals surface area contributed by atoms with Crippen molar-refractivity contribution in [3.05, 3.63) is 47.8 Å². The lowest BCUT2D eigenvalue weighted by molar-refractivity contribution is 0.102. The van der Waals surface area contributed by atoms with Gasteiger partial charge in [-0.05, 0) is 42.9 Å². The molecule has 1 amide bonds. The van der Waals surface area contributed by atoms with E-state index in [-0.39, 0.29) is 5.91 Å². The normalized spacial score (nSPS) is 17.6. The van der Waals surface area contributed by atoms with Gasteiger partial charge in [-0.3, -0.25) is 4.79 Å². The summed E-state index contributed by atoms with van der Waals surface area (Å²) in [6, 6.07) is 9.52. The van der Waals surface area contributed by atoms with Crippen molar-refractivity contribution < 1.29 is 4.79 Å². The number of piperidine rings is 1. The summed E-state index contributed by atoms with van der Waals surface area (Å²) in [6.45, 7) is 6.22. The minimum Gasteiger partial charge on any atom is -0.341 e. The molecule has 1 atom stereocenters. The second-order valence-electron chi connectivity index (χ2n) is 6.40. The summed E-state index contributed by atoms with van der Waals surface area (Å²) in [6.07, 6.45) is 4.93. The van der Waals surface area contributed by atoms with Crippen molar-refractivity contribution in [3.8, 4) is 0 Å². The number of hydrogen-bond donors (Lipinski definition) is 1. The van der Waals surface area contributed by atoms with Crippen molar-refractivity contribution >= 4 is 17.5 Å². The van der Waals surface area contributed by atoms with E-state index < -0.39 is 0 Å². The zero-order chi connectivity index (χ0) is 16.9. The van der Waals surface area contributed by atoms with Crippen LogP contribution in [0.25, 0.3) is 0 Å². The van der Waals surface area contributed by atoms with E-state index in [2.05, 4.69) is 34.0 Å². The monoisotopic (exact) mass is 324 g/mol. The Kier molecular flexibility index (Phi) is 5.08. The van der Waals surface area contributed by atoms with E-state index in [9.17, 15) is 4.79 Å². The van der Waals surface area contributed by atoms with Gasteiger partial charge in [0, 0.05) is 25.0 Å². The zero-order valence-corrected chi connectivity index (χ0v) is 14.3. The third-order valence-corrected chi connectivity index (χ3v) is 4.46. The lowest BCUT2D eigenvalue weighted by Crippen LogP contribution is -2.35. The first-order chi connectivity index (χ1) is 11.7. The molecule has 2 heterocycles. The van der Waals surface area contributed by atoms with E-state index in [0.717, 1.165) is 37.2 Å². The first-order valence-electron chi connectivity index (χ1n) is 8.64. The van der Waals surface area contributed by atoms with Crippen molar-refractivity contribution in [2.75, 3.05) is 23.3 Å². The quantitative estimate of drug-likeness (QED) is 0.935. The summed E-state index contributed by atoms with van der Waals surface area (Å²) >= 11 is 0. The van der Waals surface area contributed by atoms with Gasteiger partial charge in [-0.2, -0.15) is 0 Å². The van der Waals surface area contributed by atoms with Crippen molar-refractivity contribution in [2.24, 2.45) is 5.92 Å². The lowest BCUT2D eigenvalue weighted by Gasteiger charge is -2.30. The zero-order valence-electron chi connectivity index (χ0n) is 14.3. The molecule has 2 aromatic rings. The standard InChI is InChI=1S/C19H24N4O/c1-3-15-8-4-5-9-16(15)21-18(24)17-10-11-20-19(22-17)23-12-6-7-14(2)13-23/h4-5,8-11,14H,3,6-7,12-13H2,1-2H3,(H,21,24). The van der Waals surface area contributed by atoms with Gasteiger partial charge in [-0.1, -0.05) is 32.0 Å². The van der Waals surface area contributed by atoms with E-state index in [0.29, 0.717) is 17.6 Å². The number of para-hydroxylation sites is 1. The Morgan fingerprint density at radius 3 is 2.96 bits per heavy atom. The maximum absolute atomic E-state index is 12.6. The Balaban J connectivity index is 1.77. The van der Waals surface area contributed by atoms with E-state index >= 15 is 0 Å². The van der Waals surface area contributed by atoms with Crippen molar-refractivity contribution in [1.82, 2.24) is 9.97 Å². The second-order valence-corrected chi connectivity index (χ2v) is 6.40. The molecule has 5 nitrogen and oxygen atoms in total. The SMILES string of the molecule is CCc1ccccc1NC(=O)c1ccnc(N2CCCC(C)C2)n1. The van der Waals surface area contributed by atoms with Crippen molar-refractivity contribution in [2.45, 2.75) is 33.1 Å². The summed E-state index contributed by atoms with van der Waals surface area (Å²) in [5.74, 6) is 1.10. The van der Waals surface area contributed by atoms with Gasteiger partial charge in [0.15, 0.2) is 0 Å². The molecule has 0 aliphatic carbocycles. The first kappa shape index (κ1) is 16.4. The van der Waals surface area contributed by atoms with Crippen LogP contribution in [0.4, 0.5) is 11.6 Å². The number of aryl methyl sites for hydroxylation is 1. The summed E-state index contributed by atoms with van der Waals surface area (Å²) < 4.78 is 0. The highest BCUT2D eigenvalue weighted by Gasteiger charge is 2.20. The van der Waals surface area contributed by atoms with Crippen LogP contribution in [0.2, 0.25) is 0 Å². The van der Waals surface area contributed by atoms with E-state index in [1.165, 1.54) is 6.42 Å². The number of anilines is 2. The third-order valence-electron chi connectivity index (χ3n) is 4.46. The van der Waals surface area contributed by atoms with Crippen LogP contribution in [-0.2, 0) is 6.42 Å². The highest BCUT2D eigenvalue weighted by molar-refractivity contribution is 6.03. The second kappa shape index (κ2) is 7.43. The van der Waals surface area contributed by atoms with E-state index in [1.54, 1.807) is 12.3 Å². The molecule has 1 saturated heterocycles. The van der Waals surface area contributed by atoms with Gasteiger partial charge in [0.1, 0.15) is 5.69 Å². The van der Waals surface area contributed by atoms with Crippen LogP contribution >= 0.6 is 0 Å². The van der Waals surface area contributed by atoms with Crippen molar-refractivity contribution in [1.29, 1.82) is 0 Å². The van der Waals surface area contributed by atoms with Crippen LogP contribution in [0.15, 0.2) is 36.5 Å². The predicted octanol–water partition coefficient (Wildman–Crippen LogP) is 3.53. The summed E-state index contributed by atoms with van der Waals surface area (Å²) in [5.41, 5.74) is 2.37. The number of nitrogens with one attached hydrogen (secondary N) is 1. The van der Waals surface area contributed by atoms with Gasteiger partial charge in [0.05, 0.1) is 0 Å². The molecule has 24 heavy (non-hydrogen) atoms. The third kappa shape index (κ3) is 3.72. The Morgan fingerprint density at radius 2 is 2.17 bits per heavy atom. The van der Waals surface area contributed by atoms with Gasteiger partial charge in [-0.25, -0.2) is 9.97 Å². The smallest absolute Gasteiger partial charge is 0.274 e. The number of rotatable bonds is 4. The molecule has 1 aromatic carbocycles. The maximum Gasteiger partial charge on any atom is 0.274 e. The predicted molar refractivity (Wildman–Crippen MR) is 96.4 cm³/mol. The molecular formula is C19H24N4O. The molecule has 1 aliphatic heterocycles. The Hall–Kier alpha value is -2.43.